The summed E-state index contributed by atoms with van der Waals surface area (Å²) in [4.78, 5) is 73.0. The van der Waals surface area contributed by atoms with Crippen LogP contribution >= 0.6 is 15.6 Å². The van der Waals surface area contributed by atoms with Gasteiger partial charge in [-0.1, -0.05) is 381 Å². The summed E-state index contributed by atoms with van der Waals surface area (Å²) >= 11 is 0. The molecule has 19 heteroatoms. The fourth-order valence-electron chi connectivity index (χ4n) is 12.6. The monoisotopic (exact) mass is 1470 g/mol. The van der Waals surface area contributed by atoms with Gasteiger partial charge in [-0.25, -0.2) is 9.13 Å². The molecule has 0 aromatic heterocycles. The molecule has 0 fully saturated rings. The zero-order valence-electron chi connectivity index (χ0n) is 65.3. The molecule has 0 spiro atoms. The van der Waals surface area contributed by atoms with Crippen LogP contribution in [0.25, 0.3) is 0 Å². The van der Waals surface area contributed by atoms with Crippen molar-refractivity contribution in [2.75, 3.05) is 39.6 Å². The molecule has 0 heterocycles. The van der Waals surface area contributed by atoms with Crippen LogP contribution < -0.4 is 0 Å². The first kappa shape index (κ1) is 98.1. The predicted octanol–water partition coefficient (Wildman–Crippen LogP) is 24.4. The van der Waals surface area contributed by atoms with Gasteiger partial charge in [0.2, 0.25) is 0 Å². The lowest BCUT2D eigenvalue weighted by Gasteiger charge is -2.21. The van der Waals surface area contributed by atoms with Crippen molar-refractivity contribution in [1.29, 1.82) is 0 Å². The van der Waals surface area contributed by atoms with Crippen molar-refractivity contribution in [2.24, 2.45) is 5.92 Å². The summed E-state index contributed by atoms with van der Waals surface area (Å²) in [6.45, 7) is 7.31. The highest BCUT2D eigenvalue weighted by Gasteiger charge is 2.30. The van der Waals surface area contributed by atoms with Crippen LogP contribution in [-0.4, -0.2) is 96.7 Å². The van der Waals surface area contributed by atoms with E-state index in [0.29, 0.717) is 25.7 Å². The van der Waals surface area contributed by atoms with Crippen molar-refractivity contribution >= 4 is 39.5 Å². The molecule has 100 heavy (non-hydrogen) atoms. The average molecular weight is 1470 g/mol. The van der Waals surface area contributed by atoms with E-state index in [9.17, 15) is 43.2 Å². The van der Waals surface area contributed by atoms with Crippen molar-refractivity contribution in [1.82, 2.24) is 0 Å². The highest BCUT2D eigenvalue weighted by Crippen LogP contribution is 2.45. The lowest BCUT2D eigenvalue weighted by molar-refractivity contribution is -0.161. The number of unbranched alkanes of at least 4 members (excludes halogenated alkanes) is 53. The van der Waals surface area contributed by atoms with E-state index in [0.717, 1.165) is 95.8 Å². The highest BCUT2D eigenvalue weighted by molar-refractivity contribution is 7.47. The maximum Gasteiger partial charge on any atom is 0.472 e. The Morgan fingerprint density at radius 1 is 0.270 bits per heavy atom. The molecule has 0 aliphatic rings. The molecule has 0 radical (unpaired) electrons. The van der Waals surface area contributed by atoms with Gasteiger partial charge in [0.1, 0.15) is 19.3 Å². The Labute approximate surface area is 613 Å². The molecule has 594 valence electrons. The van der Waals surface area contributed by atoms with E-state index in [1.165, 1.54) is 257 Å². The van der Waals surface area contributed by atoms with Gasteiger partial charge in [0.25, 0.3) is 0 Å². The van der Waals surface area contributed by atoms with Crippen molar-refractivity contribution in [2.45, 2.75) is 451 Å². The predicted molar refractivity (Wildman–Crippen MR) is 409 cm³/mol. The maximum absolute atomic E-state index is 13.1. The van der Waals surface area contributed by atoms with Crippen LogP contribution in [0.4, 0.5) is 0 Å². The van der Waals surface area contributed by atoms with Gasteiger partial charge < -0.3 is 33.8 Å². The third kappa shape index (κ3) is 74.3. The fourth-order valence-corrected chi connectivity index (χ4v) is 14.2. The molecule has 0 aliphatic heterocycles. The molecule has 0 saturated heterocycles. The second kappa shape index (κ2) is 73.9. The first-order valence-electron chi connectivity index (χ1n) is 42.1. The number of phosphoric ester groups is 2. The standard InChI is InChI=1S/C81H158O17P2/c1-6-9-12-15-18-21-24-26-28-30-31-32-34-36-38-40-46-51-56-61-66-80(85)97-77(71-92-79(84)65-60-55-50-45-39-37-35-33-29-27-25-22-19-16-13-10-7-2)73-96-100(89,90)94-69-75(82)68-93-99(87,88)95-72-76(70-91-78(83)64-59-54-49-44-23-20-17-14-11-8-3)98-81(86)67-62-57-52-47-42-41-43-48-53-58-63-74(4)5/h74-77,82H,6-73H2,1-5H3,(H,87,88)(H,89,90)/t75-,76+,77+/m0/s1. The highest BCUT2D eigenvalue weighted by atomic mass is 31.2. The molecule has 0 saturated carbocycles. The number of ether oxygens (including phenoxy) is 4. The lowest BCUT2D eigenvalue weighted by Crippen LogP contribution is -2.30. The van der Waals surface area contributed by atoms with E-state index >= 15 is 0 Å². The number of aliphatic hydroxyl groups excluding tert-OH is 1. The summed E-state index contributed by atoms with van der Waals surface area (Å²) in [6, 6.07) is 0. The summed E-state index contributed by atoms with van der Waals surface area (Å²) in [7, 11) is -9.92. The molecule has 5 atom stereocenters. The van der Waals surface area contributed by atoms with Crippen LogP contribution in [0.15, 0.2) is 0 Å². The van der Waals surface area contributed by atoms with E-state index < -0.39 is 97.5 Å². The topological polar surface area (TPSA) is 237 Å². The molecule has 0 aliphatic carbocycles. The third-order valence-corrected chi connectivity index (χ3v) is 20.9. The molecule has 0 rings (SSSR count). The van der Waals surface area contributed by atoms with Gasteiger partial charge in [-0.05, 0) is 31.6 Å². The quantitative estimate of drug-likeness (QED) is 0.0222. The van der Waals surface area contributed by atoms with Crippen molar-refractivity contribution < 1.29 is 80.2 Å². The Balaban J connectivity index is 5.22. The van der Waals surface area contributed by atoms with Crippen molar-refractivity contribution in [3.63, 3.8) is 0 Å². The Morgan fingerprint density at radius 2 is 0.460 bits per heavy atom. The first-order chi connectivity index (χ1) is 48.5. The van der Waals surface area contributed by atoms with Gasteiger partial charge >= 0.3 is 39.5 Å². The molecule has 2 unspecified atom stereocenters. The van der Waals surface area contributed by atoms with E-state index in [1.807, 2.05) is 0 Å². The van der Waals surface area contributed by atoms with E-state index in [2.05, 4.69) is 34.6 Å². The smallest absolute Gasteiger partial charge is 0.462 e. The van der Waals surface area contributed by atoms with Gasteiger partial charge in [-0.2, -0.15) is 0 Å². The normalized spacial score (nSPS) is 13.8. The Morgan fingerprint density at radius 3 is 0.680 bits per heavy atom. The molecule has 0 aromatic rings. The second-order valence-corrected chi connectivity index (χ2v) is 32.5. The molecule has 0 bridgehead atoms. The Bertz CT molecular complexity index is 1910. The van der Waals surface area contributed by atoms with Crippen LogP contribution in [-0.2, 0) is 65.4 Å². The van der Waals surface area contributed by atoms with Crippen LogP contribution in [0.2, 0.25) is 0 Å². The number of hydrogen-bond donors (Lipinski definition) is 3. The van der Waals surface area contributed by atoms with Gasteiger partial charge in [0, 0.05) is 25.7 Å². The number of aliphatic hydroxyl groups is 1. The zero-order valence-corrected chi connectivity index (χ0v) is 67.1. The van der Waals surface area contributed by atoms with Crippen LogP contribution in [0, 0.1) is 5.92 Å². The van der Waals surface area contributed by atoms with Crippen LogP contribution in [0.3, 0.4) is 0 Å². The molecular formula is C81H158O17P2. The maximum atomic E-state index is 13.1. The number of rotatable bonds is 81. The Kier molecular flexibility index (Phi) is 72.5. The Hall–Kier alpha value is -1.94. The molecule has 3 N–H and O–H groups in total. The van der Waals surface area contributed by atoms with Gasteiger partial charge in [-0.15, -0.1) is 0 Å². The number of hydrogen-bond acceptors (Lipinski definition) is 15. The molecule has 0 aromatic carbocycles. The molecule has 0 amide bonds. The van der Waals surface area contributed by atoms with E-state index in [4.69, 9.17) is 37.0 Å². The van der Waals surface area contributed by atoms with Crippen molar-refractivity contribution in [3.8, 4) is 0 Å². The number of carbonyl (C=O) groups is 4. The minimum absolute atomic E-state index is 0.107. The fraction of sp³-hybridized carbons (Fsp3) is 0.951. The summed E-state index contributed by atoms with van der Waals surface area (Å²) < 4.78 is 68.7. The summed E-state index contributed by atoms with van der Waals surface area (Å²) in [6.07, 6.45) is 65.2. The SMILES string of the molecule is CCCCCCCCCCCCCCCCCCCCCCC(=O)O[C@H](COC(=O)CCCCCCCCCCCCCCCCCCC)COP(=O)(O)OC[C@@H](O)COP(=O)(O)OC[C@@H](COC(=O)CCCCCCCCCCCC)OC(=O)CCCCCCCCCCCCC(C)C. The summed E-state index contributed by atoms with van der Waals surface area (Å²) in [5.74, 6) is -1.35. The average Bonchev–Trinajstić information content (AvgIpc) is 0.945. The first-order valence-corrected chi connectivity index (χ1v) is 45.1. The number of carbonyl (C=O) groups excluding carboxylic acids is 4. The largest absolute Gasteiger partial charge is 0.472 e. The van der Waals surface area contributed by atoms with Gasteiger partial charge in [0.15, 0.2) is 12.2 Å². The minimum Gasteiger partial charge on any atom is -0.462 e. The van der Waals surface area contributed by atoms with Crippen LogP contribution in [0.5, 0.6) is 0 Å². The molecular weight excluding hydrogens is 1310 g/mol. The van der Waals surface area contributed by atoms with E-state index in [1.54, 1.807) is 0 Å². The molecule has 17 nitrogen and oxygen atoms in total. The van der Waals surface area contributed by atoms with Gasteiger partial charge in [0.05, 0.1) is 26.4 Å². The van der Waals surface area contributed by atoms with Gasteiger partial charge in [-0.3, -0.25) is 37.3 Å². The van der Waals surface area contributed by atoms with Crippen LogP contribution in [0.1, 0.15) is 433 Å². The number of phosphoric acid groups is 2. The lowest BCUT2D eigenvalue weighted by atomic mass is 10.0. The minimum atomic E-state index is -4.96. The van der Waals surface area contributed by atoms with Crippen molar-refractivity contribution in [3.05, 3.63) is 0 Å². The zero-order chi connectivity index (χ0) is 73.4. The number of esters is 4. The summed E-state index contributed by atoms with van der Waals surface area (Å²) in [5, 5.41) is 10.6. The van der Waals surface area contributed by atoms with E-state index in [-0.39, 0.29) is 25.7 Å². The second-order valence-electron chi connectivity index (χ2n) is 29.6. The summed E-state index contributed by atoms with van der Waals surface area (Å²) in [5.41, 5.74) is 0. The third-order valence-electron chi connectivity index (χ3n) is 19.0.